The molecule has 3 amide bonds. The van der Waals surface area contributed by atoms with Crippen molar-refractivity contribution in [3.05, 3.63) is 65.2 Å². The first-order valence-electron chi connectivity index (χ1n) is 11.1. The quantitative estimate of drug-likeness (QED) is 0.664. The van der Waals surface area contributed by atoms with Gasteiger partial charge in [0.2, 0.25) is 17.7 Å². The minimum Gasteiger partial charge on any atom is -0.368 e. The van der Waals surface area contributed by atoms with Gasteiger partial charge in [-0.05, 0) is 54.5 Å². The molecular formula is C25H27ClN4O3. The highest BCUT2D eigenvalue weighted by Crippen LogP contribution is 2.22. The van der Waals surface area contributed by atoms with Gasteiger partial charge >= 0.3 is 0 Å². The predicted octanol–water partition coefficient (Wildman–Crippen LogP) is 2.95. The van der Waals surface area contributed by atoms with Crippen molar-refractivity contribution in [2.75, 3.05) is 49.1 Å². The molecule has 0 unspecified atom stereocenters. The largest absolute Gasteiger partial charge is 0.368 e. The maximum atomic E-state index is 12.5. The Morgan fingerprint density at radius 2 is 1.58 bits per heavy atom. The van der Waals surface area contributed by atoms with Crippen LogP contribution in [0.15, 0.2) is 54.6 Å². The summed E-state index contributed by atoms with van der Waals surface area (Å²) in [4.78, 5) is 42.2. The van der Waals surface area contributed by atoms with Gasteiger partial charge in [-0.1, -0.05) is 23.7 Å². The molecule has 1 N–H and O–H groups in total. The van der Waals surface area contributed by atoms with Crippen molar-refractivity contribution >= 4 is 46.8 Å². The molecule has 2 saturated heterocycles. The Labute approximate surface area is 198 Å². The zero-order valence-electron chi connectivity index (χ0n) is 18.4. The first-order valence-corrected chi connectivity index (χ1v) is 11.5. The Morgan fingerprint density at radius 1 is 0.909 bits per heavy atom. The molecule has 0 bridgehead atoms. The predicted molar refractivity (Wildman–Crippen MR) is 130 cm³/mol. The lowest BCUT2D eigenvalue weighted by Crippen LogP contribution is -2.51. The Balaban J connectivity index is 1.20. The molecule has 2 fully saturated rings. The number of rotatable bonds is 6. The summed E-state index contributed by atoms with van der Waals surface area (Å²) in [7, 11) is 0. The van der Waals surface area contributed by atoms with Crippen LogP contribution in [0.3, 0.4) is 0 Å². The highest BCUT2D eigenvalue weighted by atomic mass is 35.5. The summed E-state index contributed by atoms with van der Waals surface area (Å²) in [6, 6.07) is 15.2. The summed E-state index contributed by atoms with van der Waals surface area (Å²) in [5.74, 6) is -0.261. The molecule has 8 heteroatoms. The smallest absolute Gasteiger partial charge is 0.244 e. The van der Waals surface area contributed by atoms with E-state index in [4.69, 9.17) is 11.6 Å². The lowest BCUT2D eigenvalue weighted by Gasteiger charge is -2.36. The summed E-state index contributed by atoms with van der Waals surface area (Å²) in [6.45, 7) is 3.42. The van der Waals surface area contributed by atoms with E-state index in [1.807, 2.05) is 48.5 Å². The third-order valence-electron chi connectivity index (χ3n) is 5.94. The van der Waals surface area contributed by atoms with Crippen LogP contribution in [0.1, 0.15) is 18.4 Å². The zero-order valence-corrected chi connectivity index (χ0v) is 19.1. The topological polar surface area (TPSA) is 73.0 Å². The molecule has 0 atom stereocenters. The fraction of sp³-hybridized carbons (Fsp3) is 0.320. The second kappa shape index (κ2) is 10.5. The van der Waals surface area contributed by atoms with Crippen molar-refractivity contribution in [2.24, 2.45) is 0 Å². The molecule has 2 aromatic rings. The van der Waals surface area contributed by atoms with Crippen LogP contribution in [0.4, 0.5) is 11.4 Å². The summed E-state index contributed by atoms with van der Waals surface area (Å²) in [5.41, 5.74) is 2.82. The highest BCUT2D eigenvalue weighted by Gasteiger charge is 2.22. The molecule has 33 heavy (non-hydrogen) atoms. The van der Waals surface area contributed by atoms with Crippen molar-refractivity contribution < 1.29 is 14.4 Å². The van der Waals surface area contributed by atoms with Crippen LogP contribution >= 0.6 is 11.6 Å². The fourth-order valence-electron chi connectivity index (χ4n) is 4.06. The van der Waals surface area contributed by atoms with Crippen molar-refractivity contribution in [1.29, 1.82) is 0 Å². The second-order valence-corrected chi connectivity index (χ2v) is 8.57. The highest BCUT2D eigenvalue weighted by molar-refractivity contribution is 6.30. The van der Waals surface area contributed by atoms with Gasteiger partial charge < -0.3 is 20.0 Å². The van der Waals surface area contributed by atoms with Gasteiger partial charge in [0.25, 0.3) is 0 Å². The maximum absolute atomic E-state index is 12.5. The number of carbonyl (C=O) groups is 3. The lowest BCUT2D eigenvalue weighted by atomic mass is 10.2. The van der Waals surface area contributed by atoms with E-state index in [0.29, 0.717) is 24.5 Å². The summed E-state index contributed by atoms with van der Waals surface area (Å²) < 4.78 is 0. The van der Waals surface area contributed by atoms with Gasteiger partial charge in [-0.3, -0.25) is 14.4 Å². The van der Waals surface area contributed by atoms with Crippen LogP contribution in [0.5, 0.6) is 0 Å². The number of halogens is 1. The van der Waals surface area contributed by atoms with E-state index < -0.39 is 0 Å². The number of anilines is 2. The van der Waals surface area contributed by atoms with Gasteiger partial charge in [-0.2, -0.15) is 0 Å². The van der Waals surface area contributed by atoms with E-state index in [9.17, 15) is 14.4 Å². The third kappa shape index (κ3) is 5.93. The van der Waals surface area contributed by atoms with E-state index in [0.717, 1.165) is 43.0 Å². The Bertz CT molecular complexity index is 1030. The molecule has 0 aromatic heterocycles. The van der Waals surface area contributed by atoms with Gasteiger partial charge in [0.1, 0.15) is 0 Å². The van der Waals surface area contributed by atoms with Crippen molar-refractivity contribution in [1.82, 2.24) is 10.2 Å². The Kier molecular flexibility index (Phi) is 7.29. The van der Waals surface area contributed by atoms with Crippen LogP contribution in [-0.2, 0) is 14.4 Å². The Morgan fingerprint density at radius 3 is 2.21 bits per heavy atom. The molecule has 2 aliphatic rings. The molecule has 2 aliphatic heterocycles. The van der Waals surface area contributed by atoms with Crippen LogP contribution < -0.4 is 15.1 Å². The maximum Gasteiger partial charge on any atom is 0.244 e. The number of nitrogens with zero attached hydrogens (tertiary/aromatic N) is 3. The fourth-order valence-corrected chi connectivity index (χ4v) is 4.18. The molecule has 2 heterocycles. The number of piperazine rings is 1. The van der Waals surface area contributed by atoms with Crippen molar-refractivity contribution in [3.63, 3.8) is 0 Å². The van der Waals surface area contributed by atoms with E-state index >= 15 is 0 Å². The molecule has 0 spiro atoms. The van der Waals surface area contributed by atoms with Gasteiger partial charge in [0, 0.05) is 61.6 Å². The van der Waals surface area contributed by atoms with Crippen LogP contribution in [0.2, 0.25) is 5.02 Å². The summed E-state index contributed by atoms with van der Waals surface area (Å²) in [5, 5.41) is 3.36. The molecule has 172 valence electrons. The first kappa shape index (κ1) is 22.9. The van der Waals surface area contributed by atoms with E-state index in [1.54, 1.807) is 15.9 Å². The van der Waals surface area contributed by atoms with E-state index in [2.05, 4.69) is 10.2 Å². The lowest BCUT2D eigenvalue weighted by molar-refractivity contribution is -0.132. The van der Waals surface area contributed by atoms with E-state index in [-0.39, 0.29) is 24.3 Å². The third-order valence-corrected chi connectivity index (χ3v) is 6.20. The number of hydrogen-bond donors (Lipinski definition) is 1. The van der Waals surface area contributed by atoms with E-state index in [1.165, 1.54) is 6.08 Å². The first-order chi connectivity index (χ1) is 16.0. The van der Waals surface area contributed by atoms with Crippen LogP contribution in [-0.4, -0.2) is 61.9 Å². The number of amides is 3. The minimum atomic E-state index is -0.318. The number of nitrogens with one attached hydrogen (secondary N) is 1. The molecule has 0 aliphatic carbocycles. The number of hydrogen-bond acceptors (Lipinski definition) is 4. The van der Waals surface area contributed by atoms with Crippen LogP contribution in [0, 0.1) is 0 Å². The molecule has 4 rings (SSSR count). The van der Waals surface area contributed by atoms with Gasteiger partial charge in [0.05, 0.1) is 6.54 Å². The zero-order chi connectivity index (χ0) is 23.2. The molecular weight excluding hydrogens is 440 g/mol. The van der Waals surface area contributed by atoms with Crippen LogP contribution in [0.25, 0.3) is 6.08 Å². The Hall–Kier alpha value is -3.32. The number of carbonyl (C=O) groups excluding carboxylic acids is 3. The van der Waals surface area contributed by atoms with Gasteiger partial charge in [0.15, 0.2) is 0 Å². The SMILES string of the molecule is O=C(/C=C/c1ccc(N2CCCC2=O)cc1)NCC(=O)N1CCN(c2ccc(Cl)cc2)CC1. The standard InChI is InChI=1S/C25H27ClN4O3/c26-20-6-10-21(11-7-20)28-14-16-29(17-15-28)25(33)18-27-23(31)12-5-19-3-8-22(9-4-19)30-13-1-2-24(30)32/h3-12H,1-2,13-18H2,(H,27,31)/b12-5+. The summed E-state index contributed by atoms with van der Waals surface area (Å²) >= 11 is 5.94. The molecule has 7 nitrogen and oxygen atoms in total. The second-order valence-electron chi connectivity index (χ2n) is 8.14. The number of benzene rings is 2. The average Bonchev–Trinajstić information content (AvgIpc) is 3.28. The molecule has 2 aromatic carbocycles. The monoisotopic (exact) mass is 466 g/mol. The molecule has 0 saturated carbocycles. The van der Waals surface area contributed by atoms with Crippen molar-refractivity contribution in [3.8, 4) is 0 Å². The molecule has 0 radical (unpaired) electrons. The minimum absolute atomic E-state index is 0.0277. The van der Waals surface area contributed by atoms with Gasteiger partial charge in [-0.25, -0.2) is 0 Å². The van der Waals surface area contributed by atoms with Crippen molar-refractivity contribution in [2.45, 2.75) is 12.8 Å². The van der Waals surface area contributed by atoms with Gasteiger partial charge in [-0.15, -0.1) is 0 Å². The average molecular weight is 467 g/mol. The summed E-state index contributed by atoms with van der Waals surface area (Å²) in [6.07, 6.45) is 4.60. The normalized spacial score (nSPS) is 16.5.